The van der Waals surface area contributed by atoms with Gasteiger partial charge >= 0.3 is 0 Å². The molecule has 108 valence electrons. The van der Waals surface area contributed by atoms with Gasteiger partial charge in [0, 0.05) is 11.6 Å². The van der Waals surface area contributed by atoms with Crippen molar-refractivity contribution in [1.29, 1.82) is 0 Å². The first-order chi connectivity index (χ1) is 10.0. The highest BCUT2D eigenvalue weighted by Crippen LogP contribution is 2.39. The van der Waals surface area contributed by atoms with Gasteiger partial charge in [-0.15, -0.1) is 0 Å². The quantitative estimate of drug-likeness (QED) is 0.922. The topological polar surface area (TPSA) is 47.6 Å². The third-order valence-electron chi connectivity index (χ3n) is 2.87. The van der Waals surface area contributed by atoms with Gasteiger partial charge in [-0.1, -0.05) is 11.6 Å². The Morgan fingerprint density at radius 1 is 1.19 bits per heavy atom. The molecule has 0 aliphatic carbocycles. The van der Waals surface area contributed by atoms with E-state index in [2.05, 4.69) is 5.32 Å². The number of hydrogen-bond donors (Lipinski definition) is 1. The summed E-state index contributed by atoms with van der Waals surface area (Å²) < 4.78 is 36.8. The predicted octanol–water partition coefficient (Wildman–Crippen LogP) is 3.60. The Balaban J connectivity index is 1.89. The fraction of sp³-hybridized carbons (Fsp3) is 0.0714. The van der Waals surface area contributed by atoms with E-state index in [4.69, 9.17) is 21.1 Å². The van der Waals surface area contributed by atoms with Gasteiger partial charge in [0.15, 0.2) is 11.5 Å². The summed E-state index contributed by atoms with van der Waals surface area (Å²) in [6.07, 6.45) is 0. The molecule has 0 spiro atoms. The summed E-state index contributed by atoms with van der Waals surface area (Å²) in [5.74, 6) is -1.36. The highest BCUT2D eigenvalue weighted by molar-refractivity contribution is 6.32. The summed E-state index contributed by atoms with van der Waals surface area (Å²) in [5, 5.41) is 2.48. The highest BCUT2D eigenvalue weighted by Gasteiger charge is 2.21. The normalized spacial score (nSPS) is 12.3. The van der Waals surface area contributed by atoms with Crippen LogP contribution in [-0.4, -0.2) is 12.7 Å². The van der Waals surface area contributed by atoms with E-state index in [0.29, 0.717) is 11.5 Å². The van der Waals surface area contributed by atoms with Crippen molar-refractivity contribution in [3.05, 3.63) is 52.6 Å². The van der Waals surface area contributed by atoms with Gasteiger partial charge in [0.05, 0.1) is 10.7 Å². The number of nitrogens with one attached hydrogen (secondary N) is 1. The first-order valence-electron chi connectivity index (χ1n) is 5.90. The van der Waals surface area contributed by atoms with Crippen LogP contribution in [0.3, 0.4) is 0 Å². The first kappa shape index (κ1) is 13.6. The van der Waals surface area contributed by atoms with E-state index in [-0.39, 0.29) is 23.1 Å². The Kier molecular flexibility index (Phi) is 3.39. The van der Waals surface area contributed by atoms with Gasteiger partial charge in [0.2, 0.25) is 6.79 Å². The molecule has 0 aromatic heterocycles. The molecule has 7 heteroatoms. The first-order valence-corrected chi connectivity index (χ1v) is 6.28. The fourth-order valence-corrected chi connectivity index (χ4v) is 2.15. The van der Waals surface area contributed by atoms with Crippen molar-refractivity contribution in [1.82, 2.24) is 0 Å². The number of carbonyl (C=O) groups excluding carboxylic acids is 1. The lowest BCUT2D eigenvalue weighted by Crippen LogP contribution is -2.13. The summed E-state index contributed by atoms with van der Waals surface area (Å²) in [7, 11) is 0. The minimum Gasteiger partial charge on any atom is -0.454 e. The molecule has 1 aliphatic rings. The van der Waals surface area contributed by atoms with Crippen LogP contribution in [0.5, 0.6) is 11.5 Å². The van der Waals surface area contributed by atoms with Crippen molar-refractivity contribution in [2.45, 2.75) is 0 Å². The molecule has 1 aliphatic heterocycles. The van der Waals surface area contributed by atoms with Crippen LogP contribution < -0.4 is 14.8 Å². The van der Waals surface area contributed by atoms with E-state index < -0.39 is 17.5 Å². The zero-order chi connectivity index (χ0) is 15.0. The number of ether oxygens (including phenoxy) is 2. The number of carbonyl (C=O) groups is 1. The molecule has 2 aromatic rings. The van der Waals surface area contributed by atoms with Crippen molar-refractivity contribution in [3.8, 4) is 11.5 Å². The maximum atomic E-state index is 13.5. The summed E-state index contributed by atoms with van der Waals surface area (Å²) in [4.78, 5) is 12.1. The molecule has 3 rings (SSSR count). The fourth-order valence-electron chi connectivity index (χ4n) is 1.89. The number of amides is 1. The van der Waals surface area contributed by atoms with Gasteiger partial charge in [-0.2, -0.15) is 0 Å². The van der Waals surface area contributed by atoms with Crippen LogP contribution in [0.15, 0.2) is 30.3 Å². The molecule has 1 N–H and O–H groups in total. The van der Waals surface area contributed by atoms with Crippen LogP contribution in [-0.2, 0) is 0 Å². The third kappa shape index (κ3) is 2.62. The molecule has 0 saturated heterocycles. The van der Waals surface area contributed by atoms with E-state index in [9.17, 15) is 13.6 Å². The number of anilines is 1. The van der Waals surface area contributed by atoms with Gasteiger partial charge in [0.25, 0.3) is 5.91 Å². The van der Waals surface area contributed by atoms with Gasteiger partial charge in [-0.05, 0) is 24.3 Å². The van der Waals surface area contributed by atoms with Crippen LogP contribution in [0.1, 0.15) is 10.4 Å². The van der Waals surface area contributed by atoms with E-state index in [1.54, 1.807) is 0 Å². The Morgan fingerprint density at radius 2 is 2.00 bits per heavy atom. The van der Waals surface area contributed by atoms with Gasteiger partial charge in [-0.25, -0.2) is 8.78 Å². The van der Waals surface area contributed by atoms with Gasteiger partial charge < -0.3 is 14.8 Å². The molecule has 0 atom stereocenters. The Bertz CT molecular complexity index is 736. The van der Waals surface area contributed by atoms with Crippen LogP contribution >= 0.6 is 11.6 Å². The zero-order valence-corrected chi connectivity index (χ0v) is 11.2. The van der Waals surface area contributed by atoms with Crippen molar-refractivity contribution in [3.63, 3.8) is 0 Å². The smallest absolute Gasteiger partial charge is 0.255 e. The molecule has 2 aromatic carbocycles. The van der Waals surface area contributed by atoms with Crippen molar-refractivity contribution >= 4 is 23.2 Å². The monoisotopic (exact) mass is 311 g/mol. The average Bonchev–Trinajstić information content (AvgIpc) is 2.91. The van der Waals surface area contributed by atoms with Crippen molar-refractivity contribution < 1.29 is 23.0 Å². The maximum absolute atomic E-state index is 13.5. The van der Waals surface area contributed by atoms with E-state index >= 15 is 0 Å². The maximum Gasteiger partial charge on any atom is 0.255 e. The largest absolute Gasteiger partial charge is 0.454 e. The second-order valence-electron chi connectivity index (χ2n) is 4.27. The number of rotatable bonds is 2. The predicted molar refractivity (Wildman–Crippen MR) is 71.9 cm³/mol. The van der Waals surface area contributed by atoms with Crippen LogP contribution in [0.2, 0.25) is 5.02 Å². The Morgan fingerprint density at radius 3 is 2.81 bits per heavy atom. The SMILES string of the molecule is O=C(Nc1cc(F)ccc1F)c1cc(Cl)c2c(c1)OCO2. The number of halogens is 3. The number of hydrogen-bond acceptors (Lipinski definition) is 3. The van der Waals surface area contributed by atoms with Gasteiger partial charge in [0.1, 0.15) is 11.6 Å². The van der Waals surface area contributed by atoms with E-state index in [1.807, 2.05) is 0 Å². The second kappa shape index (κ2) is 5.21. The molecular formula is C14H8ClF2NO3. The molecule has 4 nitrogen and oxygen atoms in total. The molecule has 0 radical (unpaired) electrons. The lowest BCUT2D eigenvalue weighted by Gasteiger charge is -2.08. The van der Waals surface area contributed by atoms with E-state index in [1.165, 1.54) is 12.1 Å². The third-order valence-corrected chi connectivity index (χ3v) is 3.15. The Labute approximate surface area is 123 Å². The summed E-state index contributed by atoms with van der Waals surface area (Å²) >= 11 is 5.96. The molecule has 0 saturated carbocycles. The molecular weight excluding hydrogens is 304 g/mol. The van der Waals surface area contributed by atoms with Crippen molar-refractivity contribution in [2.75, 3.05) is 12.1 Å². The van der Waals surface area contributed by atoms with Gasteiger partial charge in [-0.3, -0.25) is 4.79 Å². The molecule has 1 heterocycles. The lowest BCUT2D eigenvalue weighted by molar-refractivity contribution is 0.102. The summed E-state index contributed by atoms with van der Waals surface area (Å²) in [5.41, 5.74) is -0.110. The molecule has 0 bridgehead atoms. The lowest BCUT2D eigenvalue weighted by atomic mass is 10.1. The molecule has 1 amide bonds. The Hall–Kier alpha value is -2.34. The van der Waals surface area contributed by atoms with Crippen LogP contribution in [0.4, 0.5) is 14.5 Å². The minimum atomic E-state index is -0.739. The van der Waals surface area contributed by atoms with Crippen LogP contribution in [0, 0.1) is 11.6 Å². The van der Waals surface area contributed by atoms with Crippen molar-refractivity contribution in [2.24, 2.45) is 0 Å². The molecule has 0 fully saturated rings. The molecule has 21 heavy (non-hydrogen) atoms. The standard InChI is InChI=1S/C14H8ClF2NO3/c15-9-3-7(4-12-13(9)21-6-20-12)14(19)18-11-5-8(16)1-2-10(11)17/h1-5H,6H2,(H,18,19). The minimum absolute atomic E-state index is 0.0125. The zero-order valence-electron chi connectivity index (χ0n) is 10.5. The van der Waals surface area contributed by atoms with Crippen LogP contribution in [0.25, 0.3) is 0 Å². The summed E-state index contributed by atoms with van der Waals surface area (Å²) in [6, 6.07) is 5.56. The molecule has 0 unspecified atom stereocenters. The van der Waals surface area contributed by atoms with E-state index in [0.717, 1.165) is 18.2 Å². The highest BCUT2D eigenvalue weighted by atomic mass is 35.5. The second-order valence-corrected chi connectivity index (χ2v) is 4.68. The number of benzene rings is 2. The number of fused-ring (bicyclic) bond motifs is 1. The average molecular weight is 312 g/mol. The summed E-state index contributed by atoms with van der Waals surface area (Å²) in [6.45, 7) is 0.0125.